The molecular formula is C17H26FNO. The maximum absolute atomic E-state index is 13.5. The lowest BCUT2D eigenvalue weighted by Crippen LogP contribution is -2.20. The number of halogens is 1. The summed E-state index contributed by atoms with van der Waals surface area (Å²) >= 11 is 0. The molecule has 0 spiro atoms. The van der Waals surface area contributed by atoms with Crippen LogP contribution in [0.4, 0.5) is 4.39 Å². The van der Waals surface area contributed by atoms with Crippen molar-refractivity contribution in [2.24, 2.45) is 5.92 Å². The van der Waals surface area contributed by atoms with Gasteiger partial charge in [0.1, 0.15) is 11.6 Å². The average molecular weight is 279 g/mol. The van der Waals surface area contributed by atoms with Crippen molar-refractivity contribution in [3.8, 4) is 5.75 Å². The Hall–Kier alpha value is -1.09. The first-order valence-electron chi connectivity index (χ1n) is 7.86. The zero-order chi connectivity index (χ0) is 14.4. The second-order valence-corrected chi connectivity index (χ2v) is 5.78. The van der Waals surface area contributed by atoms with Crippen molar-refractivity contribution >= 4 is 0 Å². The summed E-state index contributed by atoms with van der Waals surface area (Å²) in [4.78, 5) is 0. The van der Waals surface area contributed by atoms with Crippen molar-refractivity contribution in [1.29, 1.82) is 0 Å². The van der Waals surface area contributed by atoms with Gasteiger partial charge in [-0.15, -0.1) is 0 Å². The van der Waals surface area contributed by atoms with Gasteiger partial charge in [0.25, 0.3) is 0 Å². The second kappa shape index (κ2) is 7.63. The summed E-state index contributed by atoms with van der Waals surface area (Å²) in [6.45, 7) is 5.72. The van der Waals surface area contributed by atoms with Gasteiger partial charge in [-0.05, 0) is 50.4 Å². The van der Waals surface area contributed by atoms with Gasteiger partial charge in [-0.1, -0.05) is 26.2 Å². The van der Waals surface area contributed by atoms with Crippen LogP contribution in [0, 0.1) is 11.7 Å². The van der Waals surface area contributed by atoms with E-state index in [-0.39, 0.29) is 11.9 Å². The standard InChI is InChI=1S/C17H26FNO/c1-3-19-13(2)16-11-15(18)9-10-17(16)20-12-14-7-5-4-6-8-14/h9-11,13-14,19H,3-8,12H2,1-2H3. The zero-order valence-corrected chi connectivity index (χ0v) is 12.6. The van der Waals surface area contributed by atoms with Crippen molar-refractivity contribution in [2.75, 3.05) is 13.2 Å². The van der Waals surface area contributed by atoms with E-state index in [1.165, 1.54) is 38.2 Å². The fourth-order valence-corrected chi connectivity index (χ4v) is 2.97. The molecule has 0 radical (unpaired) electrons. The lowest BCUT2D eigenvalue weighted by atomic mass is 9.90. The summed E-state index contributed by atoms with van der Waals surface area (Å²) in [7, 11) is 0. The Morgan fingerprint density at radius 3 is 2.75 bits per heavy atom. The van der Waals surface area contributed by atoms with E-state index in [4.69, 9.17) is 4.74 Å². The van der Waals surface area contributed by atoms with Gasteiger partial charge in [-0.2, -0.15) is 0 Å². The van der Waals surface area contributed by atoms with Crippen LogP contribution in [0.5, 0.6) is 5.75 Å². The van der Waals surface area contributed by atoms with Gasteiger partial charge in [0.2, 0.25) is 0 Å². The smallest absolute Gasteiger partial charge is 0.124 e. The second-order valence-electron chi connectivity index (χ2n) is 5.78. The lowest BCUT2D eigenvalue weighted by Gasteiger charge is -2.23. The van der Waals surface area contributed by atoms with Crippen LogP contribution < -0.4 is 10.1 Å². The third-order valence-electron chi connectivity index (χ3n) is 4.15. The molecule has 1 aromatic carbocycles. The minimum absolute atomic E-state index is 0.108. The first-order chi connectivity index (χ1) is 9.70. The van der Waals surface area contributed by atoms with Crippen LogP contribution in [0.25, 0.3) is 0 Å². The molecule has 1 aliphatic rings. The summed E-state index contributed by atoms with van der Waals surface area (Å²) in [6.07, 6.45) is 6.52. The van der Waals surface area contributed by atoms with Gasteiger partial charge in [0.15, 0.2) is 0 Å². The molecule has 0 amide bonds. The number of benzene rings is 1. The van der Waals surface area contributed by atoms with E-state index in [2.05, 4.69) is 12.2 Å². The molecule has 1 N–H and O–H groups in total. The molecule has 20 heavy (non-hydrogen) atoms. The van der Waals surface area contributed by atoms with E-state index in [0.717, 1.165) is 24.5 Å². The maximum atomic E-state index is 13.5. The molecule has 0 bridgehead atoms. The SMILES string of the molecule is CCNC(C)c1cc(F)ccc1OCC1CCCCC1. The third-order valence-corrected chi connectivity index (χ3v) is 4.15. The van der Waals surface area contributed by atoms with Gasteiger partial charge in [-0.3, -0.25) is 0 Å². The molecule has 0 aromatic heterocycles. The summed E-state index contributed by atoms with van der Waals surface area (Å²) in [6, 6.07) is 4.94. The van der Waals surface area contributed by atoms with Gasteiger partial charge < -0.3 is 10.1 Å². The Kier molecular flexibility index (Phi) is 5.84. The summed E-state index contributed by atoms with van der Waals surface area (Å²) in [5.74, 6) is 1.29. The number of rotatable bonds is 6. The van der Waals surface area contributed by atoms with Crippen LogP contribution in [-0.4, -0.2) is 13.2 Å². The quantitative estimate of drug-likeness (QED) is 0.830. The zero-order valence-electron chi connectivity index (χ0n) is 12.6. The summed E-state index contributed by atoms with van der Waals surface area (Å²) < 4.78 is 19.5. The van der Waals surface area contributed by atoms with Crippen molar-refractivity contribution in [3.05, 3.63) is 29.6 Å². The molecule has 1 fully saturated rings. The number of ether oxygens (including phenoxy) is 1. The molecule has 1 atom stereocenters. The lowest BCUT2D eigenvalue weighted by molar-refractivity contribution is 0.206. The predicted octanol–water partition coefficient (Wildman–Crippen LogP) is 4.46. The Morgan fingerprint density at radius 2 is 2.05 bits per heavy atom. The van der Waals surface area contributed by atoms with Gasteiger partial charge in [0, 0.05) is 11.6 Å². The fraction of sp³-hybridized carbons (Fsp3) is 0.647. The topological polar surface area (TPSA) is 21.3 Å². The van der Waals surface area contributed by atoms with Crippen LogP contribution >= 0.6 is 0 Å². The summed E-state index contributed by atoms with van der Waals surface area (Å²) in [5.41, 5.74) is 0.919. The van der Waals surface area contributed by atoms with Crippen LogP contribution in [-0.2, 0) is 0 Å². The van der Waals surface area contributed by atoms with Gasteiger partial charge in [0.05, 0.1) is 6.61 Å². The highest BCUT2D eigenvalue weighted by Gasteiger charge is 2.16. The molecule has 1 aliphatic carbocycles. The van der Waals surface area contributed by atoms with Crippen molar-refractivity contribution < 1.29 is 9.13 Å². The number of hydrogen-bond acceptors (Lipinski definition) is 2. The highest BCUT2D eigenvalue weighted by molar-refractivity contribution is 5.36. The monoisotopic (exact) mass is 279 g/mol. The first-order valence-corrected chi connectivity index (χ1v) is 7.86. The first kappa shape index (κ1) is 15.3. The highest BCUT2D eigenvalue weighted by Crippen LogP contribution is 2.29. The van der Waals surface area contributed by atoms with E-state index in [1.807, 2.05) is 6.92 Å². The van der Waals surface area contributed by atoms with Crippen molar-refractivity contribution in [2.45, 2.75) is 52.0 Å². The fourth-order valence-electron chi connectivity index (χ4n) is 2.97. The van der Waals surface area contributed by atoms with E-state index in [0.29, 0.717) is 5.92 Å². The molecule has 2 nitrogen and oxygen atoms in total. The Balaban J connectivity index is 2.01. The number of nitrogens with one attached hydrogen (secondary N) is 1. The van der Waals surface area contributed by atoms with Crippen molar-refractivity contribution in [3.63, 3.8) is 0 Å². The molecule has 1 saturated carbocycles. The van der Waals surface area contributed by atoms with Crippen molar-refractivity contribution in [1.82, 2.24) is 5.32 Å². The third kappa shape index (κ3) is 4.20. The Bertz CT molecular complexity index is 415. The van der Waals surface area contributed by atoms with E-state index in [1.54, 1.807) is 12.1 Å². The van der Waals surface area contributed by atoms with Crippen LogP contribution in [0.2, 0.25) is 0 Å². The number of hydrogen-bond donors (Lipinski definition) is 1. The minimum Gasteiger partial charge on any atom is -0.493 e. The predicted molar refractivity (Wildman–Crippen MR) is 80.6 cm³/mol. The largest absolute Gasteiger partial charge is 0.493 e. The Labute approximate surface area is 121 Å². The highest BCUT2D eigenvalue weighted by atomic mass is 19.1. The molecule has 1 aromatic rings. The molecule has 3 heteroatoms. The molecular weight excluding hydrogens is 253 g/mol. The minimum atomic E-state index is -0.199. The van der Waals surface area contributed by atoms with Gasteiger partial charge >= 0.3 is 0 Å². The average Bonchev–Trinajstić information content (AvgIpc) is 2.47. The van der Waals surface area contributed by atoms with Crippen LogP contribution in [0.15, 0.2) is 18.2 Å². The molecule has 2 rings (SSSR count). The Morgan fingerprint density at radius 1 is 1.30 bits per heavy atom. The molecule has 1 unspecified atom stereocenters. The molecule has 0 aliphatic heterocycles. The molecule has 112 valence electrons. The van der Waals surface area contributed by atoms with E-state index < -0.39 is 0 Å². The maximum Gasteiger partial charge on any atom is 0.124 e. The van der Waals surface area contributed by atoms with E-state index >= 15 is 0 Å². The molecule has 0 heterocycles. The normalized spacial score (nSPS) is 17.9. The van der Waals surface area contributed by atoms with Crippen LogP contribution in [0.1, 0.15) is 57.6 Å². The summed E-state index contributed by atoms with van der Waals surface area (Å²) in [5, 5.41) is 3.32. The molecule has 0 saturated heterocycles. The van der Waals surface area contributed by atoms with E-state index in [9.17, 15) is 4.39 Å². The van der Waals surface area contributed by atoms with Crippen LogP contribution in [0.3, 0.4) is 0 Å². The van der Waals surface area contributed by atoms with Gasteiger partial charge in [-0.25, -0.2) is 4.39 Å².